The van der Waals surface area contributed by atoms with Crippen LogP contribution in [0.3, 0.4) is 0 Å². The van der Waals surface area contributed by atoms with Crippen LogP contribution in [0.25, 0.3) is 0 Å². The topological polar surface area (TPSA) is 41.1 Å². The third-order valence-electron chi connectivity index (χ3n) is 2.15. The Kier molecular flexibility index (Phi) is 5.50. The molecule has 16 heavy (non-hydrogen) atoms. The highest BCUT2D eigenvalue weighted by molar-refractivity contribution is 5.75. The maximum Gasteiger partial charge on any atom is 0.221 e. The Balaban J connectivity index is 2.16. The molecule has 1 aromatic carbocycles. The Labute approximate surface area is 95.0 Å². The quantitative estimate of drug-likeness (QED) is 0.718. The molecular weight excluding hydrogens is 207 g/mol. The zero-order valence-corrected chi connectivity index (χ0v) is 9.42. The number of hydrogen-bond acceptors (Lipinski definition) is 2. The Morgan fingerprint density at radius 1 is 1.31 bits per heavy atom. The Hall–Kier alpha value is -1.42. The lowest BCUT2D eigenvalue weighted by molar-refractivity contribution is -0.120. The van der Waals surface area contributed by atoms with Gasteiger partial charge in [-0.25, -0.2) is 4.39 Å². The van der Waals surface area contributed by atoms with Crippen LogP contribution < -0.4 is 10.6 Å². The second kappa shape index (κ2) is 6.95. The van der Waals surface area contributed by atoms with E-state index in [0.717, 1.165) is 5.56 Å². The molecule has 0 bridgehead atoms. The summed E-state index contributed by atoms with van der Waals surface area (Å²) < 4.78 is 12.6. The zero-order chi connectivity index (χ0) is 11.8. The molecule has 1 amide bonds. The molecule has 0 radical (unpaired) electrons. The van der Waals surface area contributed by atoms with Crippen LogP contribution in [0.15, 0.2) is 24.3 Å². The van der Waals surface area contributed by atoms with Gasteiger partial charge in [0.15, 0.2) is 0 Å². The molecule has 0 aliphatic rings. The van der Waals surface area contributed by atoms with Gasteiger partial charge < -0.3 is 10.6 Å². The molecule has 88 valence electrons. The molecule has 0 aromatic heterocycles. The van der Waals surface area contributed by atoms with Crippen molar-refractivity contribution >= 4 is 5.91 Å². The van der Waals surface area contributed by atoms with Gasteiger partial charge in [-0.15, -0.1) is 0 Å². The van der Waals surface area contributed by atoms with Gasteiger partial charge in [-0.05, 0) is 24.6 Å². The SMILES string of the molecule is CCNC(=O)CCNCc1ccc(F)cc1. The lowest BCUT2D eigenvalue weighted by Crippen LogP contribution is -2.27. The minimum absolute atomic E-state index is 0.0501. The monoisotopic (exact) mass is 224 g/mol. The molecule has 1 rings (SSSR count). The molecule has 0 aliphatic carbocycles. The molecule has 2 N–H and O–H groups in total. The maximum atomic E-state index is 12.6. The molecule has 0 heterocycles. The summed E-state index contributed by atoms with van der Waals surface area (Å²) in [5.74, 6) is -0.180. The van der Waals surface area contributed by atoms with Crippen LogP contribution in [0, 0.1) is 5.82 Å². The van der Waals surface area contributed by atoms with E-state index < -0.39 is 0 Å². The molecule has 0 unspecified atom stereocenters. The maximum absolute atomic E-state index is 12.6. The summed E-state index contributed by atoms with van der Waals surface area (Å²) >= 11 is 0. The number of carbonyl (C=O) groups is 1. The largest absolute Gasteiger partial charge is 0.356 e. The van der Waals surface area contributed by atoms with Crippen LogP contribution in [0.4, 0.5) is 4.39 Å². The van der Waals surface area contributed by atoms with Crippen LogP contribution in [-0.4, -0.2) is 19.0 Å². The van der Waals surface area contributed by atoms with E-state index in [1.54, 1.807) is 12.1 Å². The van der Waals surface area contributed by atoms with Crippen LogP contribution >= 0.6 is 0 Å². The molecule has 3 nitrogen and oxygen atoms in total. The average Bonchev–Trinajstić information content (AvgIpc) is 2.27. The van der Waals surface area contributed by atoms with E-state index in [9.17, 15) is 9.18 Å². The summed E-state index contributed by atoms with van der Waals surface area (Å²) in [6.07, 6.45) is 0.467. The number of hydrogen-bond donors (Lipinski definition) is 2. The number of benzene rings is 1. The van der Waals surface area contributed by atoms with Crippen molar-refractivity contribution < 1.29 is 9.18 Å². The number of amides is 1. The van der Waals surface area contributed by atoms with Gasteiger partial charge in [-0.3, -0.25) is 4.79 Å². The minimum Gasteiger partial charge on any atom is -0.356 e. The number of halogens is 1. The molecule has 0 spiro atoms. The van der Waals surface area contributed by atoms with Crippen molar-refractivity contribution in [1.82, 2.24) is 10.6 Å². The van der Waals surface area contributed by atoms with E-state index in [1.807, 2.05) is 6.92 Å². The molecule has 4 heteroatoms. The van der Waals surface area contributed by atoms with Crippen molar-refractivity contribution in [2.24, 2.45) is 0 Å². The van der Waals surface area contributed by atoms with Crippen LogP contribution in [0.5, 0.6) is 0 Å². The summed E-state index contributed by atoms with van der Waals surface area (Å²) in [5, 5.41) is 5.85. The van der Waals surface area contributed by atoms with Crippen molar-refractivity contribution in [1.29, 1.82) is 0 Å². The lowest BCUT2D eigenvalue weighted by Gasteiger charge is -2.05. The van der Waals surface area contributed by atoms with Crippen molar-refractivity contribution in [2.75, 3.05) is 13.1 Å². The predicted molar refractivity (Wildman–Crippen MR) is 61.4 cm³/mol. The lowest BCUT2D eigenvalue weighted by atomic mass is 10.2. The minimum atomic E-state index is -0.230. The fourth-order valence-corrected chi connectivity index (χ4v) is 1.32. The van der Waals surface area contributed by atoms with Crippen LogP contribution in [0.1, 0.15) is 18.9 Å². The summed E-state index contributed by atoms with van der Waals surface area (Å²) in [7, 11) is 0. The predicted octanol–water partition coefficient (Wildman–Crippen LogP) is 1.44. The van der Waals surface area contributed by atoms with Gasteiger partial charge in [-0.2, -0.15) is 0 Å². The van der Waals surface area contributed by atoms with E-state index in [1.165, 1.54) is 12.1 Å². The second-order valence-electron chi connectivity index (χ2n) is 3.51. The van der Waals surface area contributed by atoms with E-state index in [-0.39, 0.29) is 11.7 Å². The van der Waals surface area contributed by atoms with Gasteiger partial charge in [0.05, 0.1) is 0 Å². The van der Waals surface area contributed by atoms with Crippen molar-refractivity contribution in [3.63, 3.8) is 0 Å². The highest BCUT2D eigenvalue weighted by Gasteiger charge is 1.98. The first kappa shape index (κ1) is 12.6. The second-order valence-corrected chi connectivity index (χ2v) is 3.51. The van der Waals surface area contributed by atoms with Crippen molar-refractivity contribution in [2.45, 2.75) is 19.9 Å². The summed E-state index contributed by atoms with van der Waals surface area (Å²) in [5.41, 5.74) is 1.01. The summed E-state index contributed by atoms with van der Waals surface area (Å²) in [4.78, 5) is 11.1. The number of nitrogens with one attached hydrogen (secondary N) is 2. The van der Waals surface area contributed by atoms with Crippen LogP contribution in [0.2, 0.25) is 0 Å². The van der Waals surface area contributed by atoms with Gasteiger partial charge in [0, 0.05) is 26.1 Å². The highest BCUT2D eigenvalue weighted by atomic mass is 19.1. The van der Waals surface area contributed by atoms with Crippen molar-refractivity contribution in [3.05, 3.63) is 35.6 Å². The standard InChI is InChI=1S/C12H17FN2O/c1-2-15-12(16)7-8-14-9-10-3-5-11(13)6-4-10/h3-6,14H,2,7-9H2,1H3,(H,15,16). The Bertz CT molecular complexity index is 324. The number of rotatable bonds is 6. The van der Waals surface area contributed by atoms with Crippen LogP contribution in [-0.2, 0) is 11.3 Å². The highest BCUT2D eigenvalue weighted by Crippen LogP contribution is 2.01. The zero-order valence-electron chi connectivity index (χ0n) is 9.42. The smallest absolute Gasteiger partial charge is 0.221 e. The fraction of sp³-hybridized carbons (Fsp3) is 0.417. The van der Waals surface area contributed by atoms with Gasteiger partial charge in [0.2, 0.25) is 5.91 Å². The van der Waals surface area contributed by atoms with Gasteiger partial charge >= 0.3 is 0 Å². The van der Waals surface area contributed by atoms with Gasteiger partial charge in [-0.1, -0.05) is 12.1 Å². The summed E-state index contributed by atoms with van der Waals surface area (Å²) in [6, 6.07) is 6.32. The Morgan fingerprint density at radius 2 is 2.00 bits per heavy atom. The molecule has 0 saturated carbocycles. The third-order valence-corrected chi connectivity index (χ3v) is 2.15. The first-order chi connectivity index (χ1) is 7.72. The number of carbonyl (C=O) groups excluding carboxylic acids is 1. The summed E-state index contributed by atoms with van der Waals surface area (Å²) in [6.45, 7) is 3.84. The van der Waals surface area contributed by atoms with Crippen molar-refractivity contribution in [3.8, 4) is 0 Å². The van der Waals surface area contributed by atoms with Gasteiger partial charge in [0.25, 0.3) is 0 Å². The van der Waals surface area contributed by atoms with E-state index in [2.05, 4.69) is 10.6 Å². The van der Waals surface area contributed by atoms with E-state index >= 15 is 0 Å². The fourth-order valence-electron chi connectivity index (χ4n) is 1.32. The molecule has 1 aromatic rings. The molecule has 0 fully saturated rings. The van der Waals surface area contributed by atoms with E-state index in [4.69, 9.17) is 0 Å². The molecule has 0 aliphatic heterocycles. The average molecular weight is 224 g/mol. The molecule has 0 atom stereocenters. The molecular formula is C12H17FN2O. The first-order valence-electron chi connectivity index (χ1n) is 5.44. The Morgan fingerprint density at radius 3 is 2.62 bits per heavy atom. The normalized spacial score (nSPS) is 10.1. The molecule has 0 saturated heterocycles. The third kappa shape index (κ3) is 4.89. The van der Waals surface area contributed by atoms with Gasteiger partial charge in [0.1, 0.15) is 5.82 Å². The van der Waals surface area contributed by atoms with E-state index in [0.29, 0.717) is 26.1 Å². The first-order valence-corrected chi connectivity index (χ1v) is 5.44.